The summed E-state index contributed by atoms with van der Waals surface area (Å²) in [6.45, 7) is 1.77. The molecule has 0 atom stereocenters. The molecule has 19 heavy (non-hydrogen) atoms. The number of carbonyl (C=O) groups is 1. The van der Waals surface area contributed by atoms with Gasteiger partial charge >= 0.3 is 0 Å². The molecule has 0 N–H and O–H groups in total. The van der Waals surface area contributed by atoms with E-state index < -0.39 is 5.82 Å². The normalized spacial score (nSPS) is 10.2. The summed E-state index contributed by atoms with van der Waals surface area (Å²) < 4.78 is 19.0. The van der Waals surface area contributed by atoms with Crippen molar-refractivity contribution >= 4 is 5.78 Å². The van der Waals surface area contributed by atoms with Crippen molar-refractivity contribution in [2.75, 3.05) is 6.61 Å². The van der Waals surface area contributed by atoms with E-state index in [0.29, 0.717) is 18.8 Å². The molecular formula is C15H14FNO2. The van der Waals surface area contributed by atoms with E-state index in [9.17, 15) is 9.18 Å². The molecule has 4 heteroatoms. The third kappa shape index (κ3) is 3.61. The Balaban J connectivity index is 1.93. The average Bonchev–Trinajstić information content (AvgIpc) is 2.39. The van der Waals surface area contributed by atoms with Gasteiger partial charge in [-0.3, -0.25) is 9.78 Å². The lowest BCUT2D eigenvalue weighted by Gasteiger charge is -2.07. The molecule has 1 aromatic carbocycles. The Hall–Kier alpha value is -2.23. The maximum absolute atomic E-state index is 13.5. The van der Waals surface area contributed by atoms with Crippen molar-refractivity contribution in [3.05, 3.63) is 59.7 Å². The molecule has 98 valence electrons. The maximum atomic E-state index is 13.5. The third-order valence-electron chi connectivity index (χ3n) is 2.70. The molecule has 0 fully saturated rings. The number of ether oxygens (including phenoxy) is 1. The second-order valence-electron chi connectivity index (χ2n) is 4.16. The molecule has 0 saturated carbocycles. The second-order valence-corrected chi connectivity index (χ2v) is 4.16. The van der Waals surface area contributed by atoms with Crippen molar-refractivity contribution in [1.82, 2.24) is 4.98 Å². The maximum Gasteiger partial charge on any atom is 0.162 e. The third-order valence-corrected chi connectivity index (χ3v) is 2.70. The van der Waals surface area contributed by atoms with Gasteiger partial charge in [0.15, 0.2) is 5.78 Å². The Morgan fingerprint density at radius 3 is 2.84 bits per heavy atom. The molecule has 0 bridgehead atoms. The van der Waals surface area contributed by atoms with Crippen LogP contribution in [0.1, 0.15) is 22.8 Å². The van der Waals surface area contributed by atoms with Gasteiger partial charge < -0.3 is 4.74 Å². The van der Waals surface area contributed by atoms with Crippen molar-refractivity contribution in [2.24, 2.45) is 0 Å². The number of nitrogens with zero attached hydrogens (tertiary/aromatic N) is 1. The van der Waals surface area contributed by atoms with Crippen LogP contribution in [0.3, 0.4) is 0 Å². The van der Waals surface area contributed by atoms with Gasteiger partial charge in [-0.2, -0.15) is 0 Å². The van der Waals surface area contributed by atoms with Crippen LogP contribution in [0.4, 0.5) is 4.39 Å². The highest BCUT2D eigenvalue weighted by Crippen LogP contribution is 2.17. The van der Waals surface area contributed by atoms with Crippen LogP contribution in [0.25, 0.3) is 0 Å². The fourth-order valence-corrected chi connectivity index (χ4v) is 1.70. The molecule has 0 aliphatic heterocycles. The molecule has 0 saturated heterocycles. The average molecular weight is 259 g/mol. The smallest absolute Gasteiger partial charge is 0.162 e. The highest BCUT2D eigenvalue weighted by Gasteiger charge is 2.08. The van der Waals surface area contributed by atoms with Crippen molar-refractivity contribution in [3.8, 4) is 5.75 Å². The predicted molar refractivity (Wildman–Crippen MR) is 69.8 cm³/mol. The lowest BCUT2D eigenvalue weighted by Crippen LogP contribution is -2.03. The lowest BCUT2D eigenvalue weighted by atomic mass is 10.1. The van der Waals surface area contributed by atoms with E-state index in [2.05, 4.69) is 4.98 Å². The highest BCUT2D eigenvalue weighted by atomic mass is 19.1. The number of hydrogen-bond acceptors (Lipinski definition) is 3. The van der Waals surface area contributed by atoms with Crippen LogP contribution in [0, 0.1) is 5.82 Å². The van der Waals surface area contributed by atoms with Gasteiger partial charge in [-0.25, -0.2) is 4.39 Å². The molecule has 0 unspecified atom stereocenters. The Labute approximate surface area is 111 Å². The number of pyridine rings is 1. The summed E-state index contributed by atoms with van der Waals surface area (Å²) in [5, 5.41) is 0. The fourth-order valence-electron chi connectivity index (χ4n) is 1.70. The molecule has 3 nitrogen and oxygen atoms in total. The van der Waals surface area contributed by atoms with E-state index in [1.807, 2.05) is 12.1 Å². The largest absolute Gasteiger partial charge is 0.493 e. The molecule has 0 amide bonds. The van der Waals surface area contributed by atoms with E-state index in [0.717, 1.165) is 5.56 Å². The van der Waals surface area contributed by atoms with Gasteiger partial charge in [-0.15, -0.1) is 0 Å². The van der Waals surface area contributed by atoms with Gasteiger partial charge in [0.25, 0.3) is 0 Å². The van der Waals surface area contributed by atoms with Crippen LogP contribution in [-0.4, -0.2) is 17.4 Å². The van der Waals surface area contributed by atoms with E-state index in [1.165, 1.54) is 19.1 Å². The van der Waals surface area contributed by atoms with Gasteiger partial charge in [0, 0.05) is 24.9 Å². The minimum absolute atomic E-state index is 0.0830. The van der Waals surface area contributed by atoms with Crippen molar-refractivity contribution in [2.45, 2.75) is 13.3 Å². The van der Waals surface area contributed by atoms with Gasteiger partial charge in [0.2, 0.25) is 0 Å². The monoisotopic (exact) mass is 259 g/mol. The standard InChI is InChI=1S/C15H14FNO2/c1-11(18)14-5-4-13(9-15(14)16)19-8-6-12-3-2-7-17-10-12/h2-5,7,9-10H,6,8H2,1H3. The summed E-state index contributed by atoms with van der Waals surface area (Å²) in [5.41, 5.74) is 1.14. The Morgan fingerprint density at radius 2 is 2.21 bits per heavy atom. The van der Waals surface area contributed by atoms with Crippen LogP contribution in [-0.2, 0) is 6.42 Å². The minimum atomic E-state index is -0.550. The number of Topliss-reactive ketones (excluding diaryl/α,β-unsaturated/α-hetero) is 1. The van der Waals surface area contributed by atoms with E-state index in [-0.39, 0.29) is 11.3 Å². The molecule has 0 aliphatic rings. The van der Waals surface area contributed by atoms with Gasteiger partial charge in [-0.1, -0.05) is 6.07 Å². The van der Waals surface area contributed by atoms with Crippen LogP contribution >= 0.6 is 0 Å². The van der Waals surface area contributed by atoms with E-state index in [4.69, 9.17) is 4.74 Å². The first-order valence-electron chi connectivity index (χ1n) is 5.99. The number of carbonyl (C=O) groups excluding carboxylic acids is 1. The molecule has 1 heterocycles. The number of rotatable bonds is 5. The Kier molecular flexibility index (Phi) is 4.23. The summed E-state index contributed by atoms with van der Waals surface area (Å²) in [6.07, 6.45) is 4.17. The SMILES string of the molecule is CC(=O)c1ccc(OCCc2cccnc2)cc1F. The number of halogens is 1. The van der Waals surface area contributed by atoms with Crippen LogP contribution in [0.15, 0.2) is 42.7 Å². The first-order chi connectivity index (χ1) is 9.16. The summed E-state index contributed by atoms with van der Waals surface area (Å²) in [7, 11) is 0. The second kappa shape index (κ2) is 6.09. The van der Waals surface area contributed by atoms with Gasteiger partial charge in [0.05, 0.1) is 12.2 Å². The van der Waals surface area contributed by atoms with Crippen molar-refractivity contribution in [1.29, 1.82) is 0 Å². The van der Waals surface area contributed by atoms with Crippen LogP contribution in [0.2, 0.25) is 0 Å². The van der Waals surface area contributed by atoms with E-state index in [1.54, 1.807) is 18.5 Å². The van der Waals surface area contributed by atoms with Crippen molar-refractivity contribution in [3.63, 3.8) is 0 Å². The summed E-state index contributed by atoms with van der Waals surface area (Å²) in [5.74, 6) is -0.419. The molecule has 0 radical (unpaired) electrons. The number of benzene rings is 1. The Morgan fingerprint density at radius 1 is 1.37 bits per heavy atom. The zero-order chi connectivity index (χ0) is 13.7. The molecule has 2 aromatic rings. The fraction of sp³-hybridized carbons (Fsp3) is 0.200. The van der Waals surface area contributed by atoms with Crippen molar-refractivity contribution < 1.29 is 13.9 Å². The Bertz CT molecular complexity index is 570. The number of aromatic nitrogens is 1. The first-order valence-corrected chi connectivity index (χ1v) is 5.99. The molecular weight excluding hydrogens is 245 g/mol. The predicted octanol–water partition coefficient (Wildman–Crippen LogP) is 3.04. The van der Waals surface area contributed by atoms with Crippen LogP contribution in [0.5, 0.6) is 5.75 Å². The number of hydrogen-bond donors (Lipinski definition) is 0. The topological polar surface area (TPSA) is 39.2 Å². The molecule has 1 aromatic heterocycles. The molecule has 0 spiro atoms. The minimum Gasteiger partial charge on any atom is -0.493 e. The molecule has 2 rings (SSSR count). The summed E-state index contributed by atoms with van der Waals surface area (Å²) in [6, 6.07) is 8.09. The zero-order valence-electron chi connectivity index (χ0n) is 10.6. The number of ketones is 1. The highest BCUT2D eigenvalue weighted by molar-refractivity contribution is 5.94. The van der Waals surface area contributed by atoms with Gasteiger partial charge in [0.1, 0.15) is 11.6 Å². The molecule has 0 aliphatic carbocycles. The van der Waals surface area contributed by atoms with Crippen LogP contribution < -0.4 is 4.74 Å². The summed E-state index contributed by atoms with van der Waals surface area (Å²) >= 11 is 0. The van der Waals surface area contributed by atoms with Gasteiger partial charge in [-0.05, 0) is 30.7 Å². The lowest BCUT2D eigenvalue weighted by molar-refractivity contribution is 0.101. The van der Waals surface area contributed by atoms with E-state index >= 15 is 0 Å². The quantitative estimate of drug-likeness (QED) is 0.775. The first kappa shape index (κ1) is 13.2. The zero-order valence-corrected chi connectivity index (χ0v) is 10.6. The summed E-state index contributed by atoms with van der Waals surface area (Å²) in [4.78, 5) is 15.1.